The predicted molar refractivity (Wildman–Crippen MR) is 155 cm³/mol. The number of anilines is 1. The largest absolute Gasteiger partial charge is 0.480 e. The molecule has 0 spiro atoms. The molecule has 2 aromatic rings. The fraction of sp³-hybridized carbons (Fsp3) is 0.500. The van der Waals surface area contributed by atoms with Crippen LogP contribution in [0, 0.1) is 0 Å². The van der Waals surface area contributed by atoms with Crippen molar-refractivity contribution in [2.24, 2.45) is 5.73 Å². The smallest absolute Gasteiger partial charge is 0.325 e. The third-order valence-electron chi connectivity index (χ3n) is 4.96. The molecule has 0 aliphatic rings. The standard InChI is InChI=1S/C15H23N3O4.C9H13N.C2H5NO2.C2H6/c1-2-8-18(10-13(19)20)9-7-17-14(15(21)22)11-3-5-12(16)6-4-11;1-3-8-6-5-7-9(4-2)10-8;3-1-2(4)5;1-2/h3-6,14,17H,2,7-10,16H2,1H3,(H,19,20)(H,21,22);5-7H,3-4H2,1-2H3;1,3H2,(H,4,5);1-2H3. The van der Waals surface area contributed by atoms with Crippen LogP contribution in [-0.4, -0.2) is 75.8 Å². The second kappa shape index (κ2) is 23.6. The molecule has 1 aromatic carbocycles. The van der Waals surface area contributed by atoms with Crippen LogP contribution in [0.15, 0.2) is 42.5 Å². The minimum Gasteiger partial charge on any atom is -0.480 e. The minimum absolute atomic E-state index is 0.0465. The Balaban J connectivity index is 0. The van der Waals surface area contributed by atoms with Crippen molar-refractivity contribution < 1.29 is 29.7 Å². The van der Waals surface area contributed by atoms with Crippen molar-refractivity contribution in [1.82, 2.24) is 15.2 Å². The number of hydrogen-bond donors (Lipinski definition) is 6. The molecular weight excluding hydrogens is 502 g/mol. The highest BCUT2D eigenvalue weighted by Gasteiger charge is 2.19. The van der Waals surface area contributed by atoms with E-state index in [9.17, 15) is 19.5 Å². The number of nitrogen functional groups attached to an aromatic ring is 1. The van der Waals surface area contributed by atoms with Crippen LogP contribution in [0.5, 0.6) is 0 Å². The highest BCUT2D eigenvalue weighted by molar-refractivity contribution is 5.75. The molecule has 0 aliphatic carbocycles. The number of carboxylic acids is 3. The number of hydrogen-bond acceptors (Lipinski definition) is 8. The maximum Gasteiger partial charge on any atom is 0.325 e. The van der Waals surface area contributed by atoms with E-state index in [1.165, 1.54) is 11.4 Å². The highest BCUT2D eigenvalue weighted by atomic mass is 16.4. The maximum atomic E-state index is 11.4. The molecule has 0 bridgehead atoms. The highest BCUT2D eigenvalue weighted by Crippen LogP contribution is 2.15. The Morgan fingerprint density at radius 3 is 1.79 bits per heavy atom. The van der Waals surface area contributed by atoms with E-state index in [0.717, 1.165) is 19.3 Å². The van der Waals surface area contributed by atoms with Gasteiger partial charge >= 0.3 is 17.9 Å². The van der Waals surface area contributed by atoms with Gasteiger partial charge in [-0.05, 0) is 55.6 Å². The molecule has 8 N–H and O–H groups in total. The lowest BCUT2D eigenvalue weighted by molar-refractivity contribution is -0.140. The molecule has 11 nitrogen and oxygen atoms in total. The summed E-state index contributed by atoms with van der Waals surface area (Å²) in [5.41, 5.74) is 13.7. The Morgan fingerprint density at radius 1 is 0.897 bits per heavy atom. The van der Waals surface area contributed by atoms with Crippen molar-refractivity contribution in [2.45, 2.75) is 59.9 Å². The number of rotatable bonds is 13. The zero-order valence-corrected chi connectivity index (χ0v) is 23.9. The van der Waals surface area contributed by atoms with Crippen LogP contribution in [0.25, 0.3) is 0 Å². The summed E-state index contributed by atoms with van der Waals surface area (Å²) in [5, 5.41) is 28.7. The van der Waals surface area contributed by atoms with Gasteiger partial charge in [-0.25, -0.2) is 0 Å². The van der Waals surface area contributed by atoms with E-state index in [1.807, 2.05) is 20.8 Å². The van der Waals surface area contributed by atoms with E-state index in [1.54, 1.807) is 29.2 Å². The zero-order valence-electron chi connectivity index (χ0n) is 23.9. The molecule has 0 aliphatic heterocycles. The molecule has 1 aromatic heterocycles. The molecule has 0 saturated heterocycles. The molecule has 0 fully saturated rings. The Morgan fingerprint density at radius 2 is 1.41 bits per heavy atom. The summed E-state index contributed by atoms with van der Waals surface area (Å²) in [6, 6.07) is 12.0. The van der Waals surface area contributed by atoms with Crippen LogP contribution in [0.4, 0.5) is 5.69 Å². The van der Waals surface area contributed by atoms with E-state index in [0.29, 0.717) is 30.9 Å². The first kappa shape index (κ1) is 37.6. The van der Waals surface area contributed by atoms with Gasteiger partial charge in [-0.15, -0.1) is 0 Å². The van der Waals surface area contributed by atoms with E-state index >= 15 is 0 Å². The fourth-order valence-corrected chi connectivity index (χ4v) is 3.10. The lowest BCUT2D eigenvalue weighted by Crippen LogP contribution is -2.39. The lowest BCUT2D eigenvalue weighted by Gasteiger charge is -2.21. The van der Waals surface area contributed by atoms with Gasteiger partial charge in [0.05, 0.1) is 13.1 Å². The van der Waals surface area contributed by atoms with Crippen LogP contribution >= 0.6 is 0 Å². The lowest BCUT2D eigenvalue weighted by atomic mass is 10.1. The summed E-state index contributed by atoms with van der Waals surface area (Å²) in [6.07, 6.45) is 2.91. The Kier molecular flexibility index (Phi) is 22.7. The normalized spacial score (nSPS) is 10.5. The molecule has 0 saturated carbocycles. The zero-order chi connectivity index (χ0) is 30.2. The Bertz CT molecular complexity index is 921. The minimum atomic E-state index is -0.981. The van der Waals surface area contributed by atoms with Gasteiger partial charge < -0.3 is 26.8 Å². The topological polar surface area (TPSA) is 192 Å². The summed E-state index contributed by atoms with van der Waals surface area (Å²) < 4.78 is 0. The summed E-state index contributed by atoms with van der Waals surface area (Å²) in [6.45, 7) is 11.4. The molecular formula is C28H47N5O6. The molecule has 11 heteroatoms. The van der Waals surface area contributed by atoms with E-state index in [-0.39, 0.29) is 13.1 Å². The molecule has 1 unspecified atom stereocenters. The number of carbonyl (C=O) groups is 3. The summed E-state index contributed by atoms with van der Waals surface area (Å²) in [7, 11) is 0. The van der Waals surface area contributed by atoms with Crippen molar-refractivity contribution >= 4 is 23.6 Å². The Hall–Kier alpha value is -3.54. The number of pyridine rings is 1. The first-order chi connectivity index (χ1) is 18.6. The van der Waals surface area contributed by atoms with Crippen LogP contribution < -0.4 is 16.8 Å². The van der Waals surface area contributed by atoms with Gasteiger partial charge in [0, 0.05) is 30.2 Å². The number of aliphatic carboxylic acids is 3. The van der Waals surface area contributed by atoms with E-state index < -0.39 is 23.9 Å². The number of carboxylic acid groups (broad SMARTS) is 3. The van der Waals surface area contributed by atoms with Gasteiger partial charge in [0.25, 0.3) is 0 Å². The second-order valence-electron chi connectivity index (χ2n) is 7.99. The molecule has 0 radical (unpaired) electrons. The number of nitrogens with two attached hydrogens (primary N) is 2. The van der Waals surface area contributed by atoms with Crippen LogP contribution in [-0.2, 0) is 27.2 Å². The molecule has 2 rings (SSSR count). The van der Waals surface area contributed by atoms with Crippen LogP contribution in [0.3, 0.4) is 0 Å². The number of nitrogens with zero attached hydrogens (tertiary/aromatic N) is 2. The van der Waals surface area contributed by atoms with Crippen LogP contribution in [0.1, 0.15) is 64.0 Å². The number of benzene rings is 1. The molecule has 39 heavy (non-hydrogen) atoms. The second-order valence-corrected chi connectivity index (χ2v) is 7.99. The molecule has 220 valence electrons. The average Bonchev–Trinajstić information content (AvgIpc) is 2.93. The monoisotopic (exact) mass is 549 g/mol. The number of aromatic nitrogens is 1. The molecule has 1 atom stereocenters. The number of nitrogens with one attached hydrogen (secondary N) is 1. The Labute approximate surface area is 232 Å². The summed E-state index contributed by atoms with van der Waals surface area (Å²) in [5.74, 6) is -2.84. The first-order valence-corrected chi connectivity index (χ1v) is 13.2. The van der Waals surface area contributed by atoms with Gasteiger partial charge in [-0.1, -0.05) is 52.8 Å². The third kappa shape index (κ3) is 19.2. The molecule has 1 heterocycles. The maximum absolute atomic E-state index is 11.4. The number of aryl methyl sites for hydroxylation is 2. The van der Waals surface area contributed by atoms with Gasteiger partial charge in [0.2, 0.25) is 0 Å². The van der Waals surface area contributed by atoms with Crippen molar-refractivity contribution in [2.75, 3.05) is 38.5 Å². The summed E-state index contributed by atoms with van der Waals surface area (Å²) in [4.78, 5) is 37.6. The van der Waals surface area contributed by atoms with Gasteiger partial charge in [-0.2, -0.15) is 0 Å². The SMILES string of the molecule is CC.CCCN(CCNC(C(=O)O)c1ccc(N)cc1)CC(=O)O.CCc1cccc(CC)n1.NCC(=O)O. The van der Waals surface area contributed by atoms with Crippen molar-refractivity contribution in [3.63, 3.8) is 0 Å². The quantitative estimate of drug-likeness (QED) is 0.201. The van der Waals surface area contributed by atoms with Crippen molar-refractivity contribution in [3.8, 4) is 0 Å². The van der Waals surface area contributed by atoms with E-state index in [2.05, 4.69) is 48.1 Å². The van der Waals surface area contributed by atoms with Crippen molar-refractivity contribution in [3.05, 3.63) is 59.4 Å². The van der Waals surface area contributed by atoms with Gasteiger partial charge in [-0.3, -0.25) is 29.6 Å². The average molecular weight is 550 g/mol. The van der Waals surface area contributed by atoms with Crippen LogP contribution in [0.2, 0.25) is 0 Å². The van der Waals surface area contributed by atoms with Gasteiger partial charge in [0.1, 0.15) is 6.04 Å². The van der Waals surface area contributed by atoms with Crippen molar-refractivity contribution in [1.29, 1.82) is 0 Å². The fourth-order valence-electron chi connectivity index (χ4n) is 3.10. The van der Waals surface area contributed by atoms with Gasteiger partial charge in [0.15, 0.2) is 0 Å². The third-order valence-corrected chi connectivity index (χ3v) is 4.96. The first-order valence-electron chi connectivity index (χ1n) is 13.2. The summed E-state index contributed by atoms with van der Waals surface area (Å²) >= 11 is 0. The predicted octanol–water partition coefficient (Wildman–Crippen LogP) is 3.04. The van der Waals surface area contributed by atoms with E-state index in [4.69, 9.17) is 15.9 Å². The molecule has 0 amide bonds.